The Labute approximate surface area is 196 Å². The van der Waals surface area contributed by atoms with E-state index in [1.165, 1.54) is 56.9 Å². The molecule has 1 aliphatic carbocycles. The van der Waals surface area contributed by atoms with Crippen LogP contribution in [0.2, 0.25) is 0 Å². The lowest BCUT2D eigenvalue weighted by molar-refractivity contribution is 0.0734. The van der Waals surface area contributed by atoms with Crippen molar-refractivity contribution in [3.8, 4) is 5.75 Å². The van der Waals surface area contributed by atoms with Gasteiger partial charge in [0.15, 0.2) is 0 Å². The molecule has 1 unspecified atom stereocenters. The van der Waals surface area contributed by atoms with Crippen LogP contribution in [0.4, 0.5) is 0 Å². The van der Waals surface area contributed by atoms with E-state index < -0.39 is 0 Å². The second kappa shape index (κ2) is 12.2. The van der Waals surface area contributed by atoms with Crippen LogP contribution in [0.3, 0.4) is 0 Å². The highest BCUT2D eigenvalue weighted by Crippen LogP contribution is 2.41. The fraction of sp³-hybridized carbons (Fsp3) is 0.464. The molecule has 0 heterocycles. The lowest BCUT2D eigenvalue weighted by Gasteiger charge is -2.34. The van der Waals surface area contributed by atoms with Gasteiger partial charge in [-0.15, -0.1) is 6.58 Å². The topological polar surface area (TPSA) is 26.3 Å². The molecule has 0 aliphatic heterocycles. The van der Waals surface area contributed by atoms with Crippen molar-refractivity contribution in [2.75, 3.05) is 0 Å². The standard InChI is InChI=1S/C28H35BrO2/c1-3-5-6-8-21-9-11-22(12-10-21)27(7-4-2)23-13-15-24(16-14-23)28(30)31-26-19-17-25(29)18-20-26/h4,13-22,27H,2-3,5-12H2,1H3/t21-,22-,27?. The summed E-state index contributed by atoms with van der Waals surface area (Å²) < 4.78 is 6.45. The summed E-state index contributed by atoms with van der Waals surface area (Å²) in [5.74, 6) is 2.36. The molecule has 0 aromatic heterocycles. The van der Waals surface area contributed by atoms with Gasteiger partial charge in [0.05, 0.1) is 5.56 Å². The molecule has 31 heavy (non-hydrogen) atoms. The first-order valence-corrected chi connectivity index (χ1v) is 12.6. The van der Waals surface area contributed by atoms with Crippen LogP contribution in [0.25, 0.3) is 0 Å². The summed E-state index contributed by atoms with van der Waals surface area (Å²) in [5, 5.41) is 0. The molecule has 1 saturated carbocycles. The van der Waals surface area contributed by atoms with Gasteiger partial charge in [0.25, 0.3) is 0 Å². The Bertz CT molecular complexity index is 817. The number of hydrogen-bond acceptors (Lipinski definition) is 2. The van der Waals surface area contributed by atoms with Crippen molar-refractivity contribution < 1.29 is 9.53 Å². The molecule has 3 heteroatoms. The van der Waals surface area contributed by atoms with Crippen molar-refractivity contribution in [2.45, 2.75) is 70.6 Å². The molecule has 2 nitrogen and oxygen atoms in total. The number of benzene rings is 2. The van der Waals surface area contributed by atoms with Crippen molar-refractivity contribution in [2.24, 2.45) is 11.8 Å². The SMILES string of the molecule is C=CCC(c1ccc(C(=O)Oc2ccc(Br)cc2)cc1)[C@H]1CC[C@H](CCCCC)CC1. The Morgan fingerprint density at radius 3 is 2.35 bits per heavy atom. The van der Waals surface area contributed by atoms with Gasteiger partial charge in [0.1, 0.15) is 5.75 Å². The molecule has 166 valence electrons. The van der Waals surface area contributed by atoms with Crippen LogP contribution < -0.4 is 4.74 Å². The van der Waals surface area contributed by atoms with Crippen molar-refractivity contribution in [1.82, 2.24) is 0 Å². The van der Waals surface area contributed by atoms with Crippen LogP contribution in [0.5, 0.6) is 5.75 Å². The highest BCUT2D eigenvalue weighted by Gasteiger charge is 2.28. The van der Waals surface area contributed by atoms with E-state index in [2.05, 4.69) is 41.6 Å². The molecule has 3 rings (SSSR count). The van der Waals surface area contributed by atoms with Crippen molar-refractivity contribution in [1.29, 1.82) is 0 Å². The average molecular weight is 483 g/mol. The lowest BCUT2D eigenvalue weighted by Crippen LogP contribution is -2.20. The molecule has 0 saturated heterocycles. The van der Waals surface area contributed by atoms with Crippen molar-refractivity contribution >= 4 is 21.9 Å². The first kappa shape index (κ1) is 23.8. The second-order valence-corrected chi connectivity index (χ2v) is 9.79. The van der Waals surface area contributed by atoms with Crippen LogP contribution in [0.1, 0.15) is 86.6 Å². The zero-order chi connectivity index (χ0) is 22.1. The van der Waals surface area contributed by atoms with Crippen LogP contribution in [-0.4, -0.2) is 5.97 Å². The van der Waals surface area contributed by atoms with Crippen LogP contribution in [0, 0.1) is 11.8 Å². The van der Waals surface area contributed by atoms with E-state index in [1.54, 1.807) is 12.1 Å². The molecule has 0 amide bonds. The van der Waals surface area contributed by atoms with E-state index in [4.69, 9.17) is 4.74 Å². The normalized spacial score (nSPS) is 19.5. The minimum Gasteiger partial charge on any atom is -0.423 e. The van der Waals surface area contributed by atoms with E-state index in [9.17, 15) is 4.79 Å². The summed E-state index contributed by atoms with van der Waals surface area (Å²) in [7, 11) is 0. The van der Waals surface area contributed by atoms with Crippen molar-refractivity contribution in [3.05, 3.63) is 76.8 Å². The zero-order valence-electron chi connectivity index (χ0n) is 18.7. The molecular weight excluding hydrogens is 448 g/mol. The quantitative estimate of drug-likeness (QED) is 0.146. The van der Waals surface area contributed by atoms with Gasteiger partial charge >= 0.3 is 5.97 Å². The zero-order valence-corrected chi connectivity index (χ0v) is 20.3. The van der Waals surface area contributed by atoms with E-state index in [1.807, 2.05) is 30.3 Å². The van der Waals surface area contributed by atoms with Crippen LogP contribution in [-0.2, 0) is 0 Å². The minimum absolute atomic E-state index is 0.318. The molecule has 2 aromatic carbocycles. The molecule has 0 N–H and O–H groups in total. The van der Waals surface area contributed by atoms with Gasteiger partial charge in [-0.2, -0.15) is 0 Å². The van der Waals surface area contributed by atoms with Crippen LogP contribution in [0.15, 0.2) is 65.7 Å². The predicted molar refractivity (Wildman–Crippen MR) is 133 cm³/mol. The van der Waals surface area contributed by atoms with E-state index in [0.29, 0.717) is 23.1 Å². The summed E-state index contributed by atoms with van der Waals surface area (Å²) in [6, 6.07) is 15.3. The number of hydrogen-bond donors (Lipinski definition) is 0. The number of allylic oxidation sites excluding steroid dienone is 1. The number of halogens is 1. The number of carbonyl (C=O) groups excluding carboxylic acids is 1. The number of esters is 1. The Hall–Kier alpha value is -1.87. The van der Waals surface area contributed by atoms with Gasteiger partial charge in [-0.05, 0) is 79.0 Å². The third-order valence-corrected chi connectivity index (χ3v) is 7.22. The Balaban J connectivity index is 1.59. The minimum atomic E-state index is -0.318. The number of ether oxygens (including phenoxy) is 1. The fourth-order valence-corrected chi connectivity index (χ4v) is 5.14. The number of rotatable bonds is 10. The van der Waals surface area contributed by atoms with Crippen LogP contribution >= 0.6 is 15.9 Å². The molecule has 1 atom stereocenters. The molecule has 0 spiro atoms. The summed E-state index contributed by atoms with van der Waals surface area (Å²) in [5.41, 5.74) is 1.90. The number of carbonyl (C=O) groups is 1. The third-order valence-electron chi connectivity index (χ3n) is 6.70. The maximum absolute atomic E-state index is 12.5. The smallest absolute Gasteiger partial charge is 0.343 e. The maximum atomic E-state index is 12.5. The Kier molecular flexibility index (Phi) is 9.39. The number of unbranched alkanes of at least 4 members (excludes halogenated alkanes) is 2. The summed E-state index contributed by atoms with van der Waals surface area (Å²) >= 11 is 3.39. The monoisotopic (exact) mass is 482 g/mol. The van der Waals surface area contributed by atoms with Gasteiger partial charge in [-0.1, -0.05) is 79.6 Å². The highest BCUT2D eigenvalue weighted by atomic mass is 79.9. The molecule has 2 aromatic rings. The first-order valence-electron chi connectivity index (χ1n) is 11.8. The summed E-state index contributed by atoms with van der Waals surface area (Å²) in [6.07, 6.45) is 13.9. The lowest BCUT2D eigenvalue weighted by atomic mass is 9.71. The highest BCUT2D eigenvalue weighted by molar-refractivity contribution is 9.10. The van der Waals surface area contributed by atoms with Crippen molar-refractivity contribution in [3.63, 3.8) is 0 Å². The van der Waals surface area contributed by atoms with Gasteiger partial charge in [0, 0.05) is 4.47 Å². The molecular formula is C28H35BrO2. The van der Waals surface area contributed by atoms with Gasteiger partial charge in [0.2, 0.25) is 0 Å². The fourth-order valence-electron chi connectivity index (χ4n) is 4.88. The molecule has 1 fully saturated rings. The molecule has 1 aliphatic rings. The largest absolute Gasteiger partial charge is 0.423 e. The maximum Gasteiger partial charge on any atom is 0.343 e. The molecule has 0 radical (unpaired) electrons. The van der Waals surface area contributed by atoms with E-state index in [-0.39, 0.29) is 5.97 Å². The van der Waals surface area contributed by atoms with Gasteiger partial charge < -0.3 is 4.74 Å². The van der Waals surface area contributed by atoms with Gasteiger partial charge in [-0.25, -0.2) is 4.79 Å². The van der Waals surface area contributed by atoms with E-state index >= 15 is 0 Å². The molecule has 0 bridgehead atoms. The second-order valence-electron chi connectivity index (χ2n) is 8.87. The average Bonchev–Trinajstić information content (AvgIpc) is 2.80. The van der Waals surface area contributed by atoms with Gasteiger partial charge in [-0.3, -0.25) is 0 Å². The Morgan fingerprint density at radius 1 is 1.06 bits per heavy atom. The first-order chi connectivity index (χ1) is 15.1. The van der Waals surface area contributed by atoms with E-state index in [0.717, 1.165) is 16.8 Å². The summed E-state index contributed by atoms with van der Waals surface area (Å²) in [6.45, 7) is 6.29. The third kappa shape index (κ3) is 7.07. The predicted octanol–water partition coefficient (Wildman–Crippen LogP) is 8.71. The Morgan fingerprint density at radius 2 is 1.74 bits per heavy atom. The summed E-state index contributed by atoms with van der Waals surface area (Å²) in [4.78, 5) is 12.5.